The Morgan fingerprint density at radius 3 is 2.68 bits per heavy atom. The maximum Gasteiger partial charge on any atom is 0.160 e. The van der Waals surface area contributed by atoms with Gasteiger partial charge in [-0.1, -0.05) is 54.1 Å². The van der Waals surface area contributed by atoms with Gasteiger partial charge < -0.3 is 10.4 Å². The molecule has 0 saturated heterocycles. The Hall–Kier alpha value is -3.00. The van der Waals surface area contributed by atoms with Crippen LogP contribution in [0.1, 0.15) is 0 Å². The third-order valence-electron chi connectivity index (χ3n) is 4.22. The van der Waals surface area contributed by atoms with Crippen LogP contribution in [0.25, 0.3) is 22.2 Å². The Bertz CT molecular complexity index is 1080. The van der Waals surface area contributed by atoms with E-state index in [0.29, 0.717) is 29.6 Å². The molecule has 0 saturated carbocycles. The van der Waals surface area contributed by atoms with Crippen LogP contribution in [0.5, 0.6) is 0 Å². The van der Waals surface area contributed by atoms with Crippen molar-refractivity contribution in [3.8, 4) is 11.1 Å². The summed E-state index contributed by atoms with van der Waals surface area (Å²) in [7, 11) is 0. The van der Waals surface area contributed by atoms with Crippen LogP contribution in [-0.4, -0.2) is 38.2 Å². The van der Waals surface area contributed by atoms with Gasteiger partial charge in [-0.15, -0.1) is 5.10 Å². The van der Waals surface area contributed by atoms with Gasteiger partial charge in [0, 0.05) is 18.3 Å². The maximum absolute atomic E-state index is 8.88. The molecule has 2 heterocycles. The van der Waals surface area contributed by atoms with Crippen LogP contribution >= 0.6 is 11.6 Å². The Morgan fingerprint density at radius 2 is 1.86 bits per heavy atom. The molecule has 28 heavy (non-hydrogen) atoms. The molecule has 0 spiro atoms. The van der Waals surface area contributed by atoms with E-state index in [9.17, 15) is 0 Å². The number of fused-ring (bicyclic) bond motifs is 1. The third-order valence-corrected chi connectivity index (χ3v) is 4.63. The van der Waals surface area contributed by atoms with Gasteiger partial charge in [0.05, 0.1) is 17.3 Å². The fourth-order valence-electron chi connectivity index (χ4n) is 2.90. The average molecular weight is 395 g/mol. The van der Waals surface area contributed by atoms with Crippen molar-refractivity contribution in [1.29, 1.82) is 0 Å². The van der Waals surface area contributed by atoms with Crippen LogP contribution in [-0.2, 0) is 6.67 Å². The third kappa shape index (κ3) is 3.82. The molecule has 0 aliphatic rings. The first-order chi connectivity index (χ1) is 13.8. The van der Waals surface area contributed by atoms with Crippen LogP contribution in [0.3, 0.4) is 0 Å². The van der Waals surface area contributed by atoms with Crippen molar-refractivity contribution >= 4 is 34.1 Å². The summed E-state index contributed by atoms with van der Waals surface area (Å²) in [4.78, 5) is 5.95. The largest absolute Gasteiger partial charge is 0.395 e. The van der Waals surface area contributed by atoms with E-state index in [1.807, 2.05) is 48.5 Å². The number of aliphatic hydroxyl groups excluding tert-OH is 1. The lowest BCUT2D eigenvalue weighted by Crippen LogP contribution is -2.23. The molecule has 8 heteroatoms. The van der Waals surface area contributed by atoms with E-state index >= 15 is 0 Å². The summed E-state index contributed by atoms with van der Waals surface area (Å²) in [6.07, 6.45) is 1.68. The Kier molecular flexibility index (Phi) is 5.48. The highest BCUT2D eigenvalue weighted by Gasteiger charge is 2.13. The van der Waals surface area contributed by atoms with E-state index in [1.54, 1.807) is 12.3 Å². The first-order valence-electron chi connectivity index (χ1n) is 8.88. The van der Waals surface area contributed by atoms with Gasteiger partial charge in [0.2, 0.25) is 0 Å². The molecule has 4 aromatic rings. The number of nitrogens with one attached hydrogen (secondary N) is 2. The molecule has 2 aromatic heterocycles. The quantitative estimate of drug-likeness (QED) is 0.416. The number of aromatic nitrogens is 4. The summed E-state index contributed by atoms with van der Waals surface area (Å²) in [5, 5.41) is 24.7. The molecule has 0 radical (unpaired) electrons. The van der Waals surface area contributed by atoms with Crippen LogP contribution in [0.4, 0.5) is 11.5 Å². The highest BCUT2D eigenvalue weighted by Crippen LogP contribution is 2.35. The fourth-order valence-corrected chi connectivity index (χ4v) is 3.18. The van der Waals surface area contributed by atoms with E-state index in [0.717, 1.165) is 22.3 Å². The SMILES string of the molecule is OCCNCn1nc2ccnc(Nc3cccc(-c4ccccc4)c3Cl)c2n1. The molecule has 0 fully saturated rings. The molecule has 142 valence electrons. The number of hydrogen-bond acceptors (Lipinski definition) is 6. The summed E-state index contributed by atoms with van der Waals surface area (Å²) in [6, 6.07) is 17.6. The number of rotatable bonds is 7. The van der Waals surface area contributed by atoms with E-state index in [4.69, 9.17) is 16.7 Å². The van der Waals surface area contributed by atoms with Crippen LogP contribution in [0.15, 0.2) is 60.8 Å². The van der Waals surface area contributed by atoms with E-state index < -0.39 is 0 Å². The molecule has 0 amide bonds. The lowest BCUT2D eigenvalue weighted by Gasteiger charge is -2.11. The molecule has 4 rings (SSSR count). The lowest BCUT2D eigenvalue weighted by molar-refractivity contribution is 0.283. The maximum atomic E-state index is 8.88. The van der Waals surface area contributed by atoms with Gasteiger partial charge in [-0.2, -0.15) is 9.90 Å². The van der Waals surface area contributed by atoms with Crippen molar-refractivity contribution in [2.45, 2.75) is 6.67 Å². The minimum Gasteiger partial charge on any atom is -0.395 e. The Morgan fingerprint density at radius 1 is 1.00 bits per heavy atom. The predicted octanol–water partition coefficient (Wildman–Crippen LogP) is 3.43. The van der Waals surface area contributed by atoms with E-state index in [2.05, 4.69) is 25.8 Å². The van der Waals surface area contributed by atoms with Gasteiger partial charge in [-0.25, -0.2) is 4.98 Å². The normalized spacial score (nSPS) is 11.1. The molecule has 0 aliphatic heterocycles. The predicted molar refractivity (Wildman–Crippen MR) is 111 cm³/mol. The molecule has 0 atom stereocenters. The Labute approximate surface area is 167 Å². The van der Waals surface area contributed by atoms with Gasteiger partial charge in [0.25, 0.3) is 0 Å². The lowest BCUT2D eigenvalue weighted by atomic mass is 10.1. The molecule has 0 bridgehead atoms. The van der Waals surface area contributed by atoms with Crippen molar-refractivity contribution < 1.29 is 5.11 Å². The van der Waals surface area contributed by atoms with Gasteiger partial charge in [0.15, 0.2) is 11.3 Å². The zero-order valence-electron chi connectivity index (χ0n) is 15.0. The molecule has 0 aliphatic carbocycles. The highest BCUT2D eigenvalue weighted by atomic mass is 35.5. The smallest absolute Gasteiger partial charge is 0.160 e. The second kappa shape index (κ2) is 8.35. The van der Waals surface area contributed by atoms with Crippen LogP contribution < -0.4 is 10.6 Å². The summed E-state index contributed by atoms with van der Waals surface area (Å²) in [6.45, 7) is 0.938. The summed E-state index contributed by atoms with van der Waals surface area (Å²) in [5.41, 5.74) is 4.10. The molecule has 3 N–H and O–H groups in total. The summed E-state index contributed by atoms with van der Waals surface area (Å²) >= 11 is 6.67. The number of anilines is 2. The Balaban J connectivity index is 1.65. The summed E-state index contributed by atoms with van der Waals surface area (Å²) < 4.78 is 0. The number of halogens is 1. The number of hydrogen-bond donors (Lipinski definition) is 3. The van der Waals surface area contributed by atoms with Crippen molar-refractivity contribution in [3.63, 3.8) is 0 Å². The van der Waals surface area contributed by atoms with E-state index in [1.165, 1.54) is 4.80 Å². The van der Waals surface area contributed by atoms with Crippen LogP contribution in [0.2, 0.25) is 5.02 Å². The number of aliphatic hydroxyl groups is 1. The first kappa shape index (κ1) is 18.4. The zero-order chi connectivity index (χ0) is 19.3. The molecular formula is C20H19ClN6O. The van der Waals surface area contributed by atoms with Crippen molar-refractivity contribution in [2.24, 2.45) is 0 Å². The summed E-state index contributed by atoms with van der Waals surface area (Å²) in [5.74, 6) is 0.581. The minimum atomic E-state index is 0.0609. The minimum absolute atomic E-state index is 0.0609. The second-order valence-corrected chi connectivity index (χ2v) is 6.52. The van der Waals surface area contributed by atoms with Gasteiger partial charge in [0.1, 0.15) is 12.2 Å². The molecule has 0 unspecified atom stereocenters. The van der Waals surface area contributed by atoms with Crippen LogP contribution in [0, 0.1) is 0 Å². The number of benzene rings is 2. The van der Waals surface area contributed by atoms with Gasteiger partial charge in [-0.05, 0) is 17.7 Å². The highest BCUT2D eigenvalue weighted by molar-refractivity contribution is 6.36. The van der Waals surface area contributed by atoms with Crippen molar-refractivity contribution in [3.05, 3.63) is 65.8 Å². The van der Waals surface area contributed by atoms with Crippen molar-refractivity contribution in [2.75, 3.05) is 18.5 Å². The average Bonchev–Trinajstić information content (AvgIpc) is 3.14. The second-order valence-electron chi connectivity index (χ2n) is 6.14. The monoisotopic (exact) mass is 394 g/mol. The molecule has 2 aromatic carbocycles. The molecule has 7 nitrogen and oxygen atoms in total. The van der Waals surface area contributed by atoms with Gasteiger partial charge >= 0.3 is 0 Å². The molecular weight excluding hydrogens is 376 g/mol. The number of nitrogens with zero attached hydrogens (tertiary/aromatic N) is 4. The number of pyridine rings is 1. The zero-order valence-corrected chi connectivity index (χ0v) is 15.8. The van der Waals surface area contributed by atoms with E-state index in [-0.39, 0.29) is 6.61 Å². The topological polar surface area (TPSA) is 87.9 Å². The van der Waals surface area contributed by atoms with Gasteiger partial charge in [-0.3, -0.25) is 5.32 Å². The first-order valence-corrected chi connectivity index (χ1v) is 9.26. The standard InChI is InChI=1S/C20H19ClN6O/c21-18-15(14-5-2-1-3-6-14)7-4-8-16(18)24-20-19-17(9-10-23-20)25-27(26-19)13-22-11-12-28/h1-10,22,28H,11-13H2,(H,23,24). The van der Waals surface area contributed by atoms with Crippen molar-refractivity contribution in [1.82, 2.24) is 25.3 Å². The fraction of sp³-hybridized carbons (Fsp3) is 0.150.